The van der Waals surface area contributed by atoms with Crippen molar-refractivity contribution in [1.29, 1.82) is 0 Å². The predicted octanol–water partition coefficient (Wildman–Crippen LogP) is 0.922. The molecule has 0 saturated carbocycles. The number of nitrogens with one attached hydrogen (secondary N) is 3. The largest absolute Gasteiger partial charge is 0.381 e. The minimum absolute atomic E-state index is 0.0220. The van der Waals surface area contributed by atoms with Crippen molar-refractivity contribution in [3.05, 3.63) is 35.9 Å². The Morgan fingerprint density at radius 1 is 0.767 bits per heavy atom. The van der Waals surface area contributed by atoms with Crippen LogP contribution in [0.25, 0.3) is 0 Å². The molecule has 4 heterocycles. The van der Waals surface area contributed by atoms with Gasteiger partial charge in [0, 0.05) is 64.4 Å². The summed E-state index contributed by atoms with van der Waals surface area (Å²) >= 11 is 0. The maximum absolute atomic E-state index is 13.6. The van der Waals surface area contributed by atoms with Gasteiger partial charge in [-0.05, 0) is 56.0 Å². The van der Waals surface area contributed by atoms with Gasteiger partial charge in [-0.1, -0.05) is 30.3 Å². The second kappa shape index (κ2) is 16.5. The Labute approximate surface area is 255 Å². The van der Waals surface area contributed by atoms with Crippen molar-refractivity contribution in [3.63, 3.8) is 0 Å². The van der Waals surface area contributed by atoms with Gasteiger partial charge in [-0.2, -0.15) is 0 Å². The van der Waals surface area contributed by atoms with Crippen molar-refractivity contribution in [2.24, 2.45) is 11.8 Å². The lowest BCUT2D eigenvalue weighted by molar-refractivity contribution is -0.128. The number of fused-ring (bicyclic) bond motifs is 3. The Morgan fingerprint density at radius 3 is 2.40 bits per heavy atom. The van der Waals surface area contributed by atoms with E-state index in [-0.39, 0.29) is 48.4 Å². The van der Waals surface area contributed by atoms with Crippen LogP contribution in [0.15, 0.2) is 30.3 Å². The lowest BCUT2D eigenvalue weighted by Gasteiger charge is -2.39. The van der Waals surface area contributed by atoms with Gasteiger partial charge in [0.15, 0.2) is 0 Å². The van der Waals surface area contributed by atoms with Crippen molar-refractivity contribution >= 4 is 17.7 Å². The van der Waals surface area contributed by atoms with Crippen molar-refractivity contribution in [1.82, 2.24) is 25.8 Å². The Hall–Kier alpha value is -2.57. The molecule has 0 spiro atoms. The highest BCUT2D eigenvalue weighted by molar-refractivity contribution is 5.83. The number of amides is 3. The van der Waals surface area contributed by atoms with E-state index in [0.29, 0.717) is 71.4 Å². The summed E-state index contributed by atoms with van der Waals surface area (Å²) in [4.78, 5) is 43.8. The lowest BCUT2D eigenvalue weighted by atomic mass is 9.80. The summed E-state index contributed by atoms with van der Waals surface area (Å²) in [5.41, 5.74) is 1.29. The van der Waals surface area contributed by atoms with E-state index < -0.39 is 0 Å². The second-order valence-electron chi connectivity index (χ2n) is 12.4. The average Bonchev–Trinajstić information content (AvgIpc) is 3.44. The van der Waals surface area contributed by atoms with Crippen LogP contribution in [0.5, 0.6) is 0 Å². The van der Waals surface area contributed by atoms with E-state index in [9.17, 15) is 14.4 Å². The molecule has 4 saturated heterocycles. The van der Waals surface area contributed by atoms with E-state index in [4.69, 9.17) is 14.2 Å². The number of piperidine rings is 1. The molecule has 3 amide bonds. The third-order valence-electron chi connectivity index (χ3n) is 9.33. The third-order valence-corrected chi connectivity index (χ3v) is 9.33. The number of likely N-dealkylation sites (tertiary alicyclic amines) is 2. The normalized spacial score (nSPS) is 30.4. The number of carbonyl (C=O) groups is 3. The number of nitrogens with zero attached hydrogens (tertiary/aromatic N) is 2. The van der Waals surface area contributed by atoms with E-state index in [1.54, 1.807) is 0 Å². The maximum Gasteiger partial charge on any atom is 0.246 e. The van der Waals surface area contributed by atoms with Gasteiger partial charge < -0.3 is 30.2 Å². The molecule has 0 unspecified atom stereocenters. The Balaban J connectivity index is 1.25. The zero-order valence-electron chi connectivity index (χ0n) is 25.3. The fourth-order valence-electron chi connectivity index (χ4n) is 7.11. The molecule has 2 bridgehead atoms. The zero-order valence-corrected chi connectivity index (χ0v) is 25.3. The van der Waals surface area contributed by atoms with Gasteiger partial charge in [-0.25, -0.2) is 0 Å². The summed E-state index contributed by atoms with van der Waals surface area (Å²) in [7, 11) is 0. The summed E-state index contributed by atoms with van der Waals surface area (Å²) < 4.78 is 16.7. The molecule has 4 aliphatic rings. The van der Waals surface area contributed by atoms with Gasteiger partial charge in [-0.3, -0.25) is 24.2 Å². The maximum atomic E-state index is 13.6. The molecule has 0 aromatic heterocycles. The fourth-order valence-corrected chi connectivity index (χ4v) is 7.11. The fraction of sp³-hybridized carbons (Fsp3) is 0.719. The summed E-state index contributed by atoms with van der Waals surface area (Å²) in [6.07, 6.45) is 4.60. The summed E-state index contributed by atoms with van der Waals surface area (Å²) in [5, 5.41) is 9.33. The van der Waals surface area contributed by atoms with Gasteiger partial charge in [0.2, 0.25) is 17.7 Å². The Bertz CT molecular complexity index is 1040. The first kappa shape index (κ1) is 31.8. The topological polar surface area (TPSA) is 121 Å². The summed E-state index contributed by atoms with van der Waals surface area (Å²) in [5.74, 6) is 0.445. The number of benzene rings is 1. The molecule has 3 N–H and O–H groups in total. The molecular formula is C32H49N5O6. The van der Waals surface area contributed by atoms with E-state index in [2.05, 4.69) is 50.0 Å². The van der Waals surface area contributed by atoms with Crippen LogP contribution in [0.1, 0.15) is 44.1 Å². The standard InChI is InChI=1S/C32H49N5O6/c38-30-18-25-7-12-36(20-24-4-2-1-3-5-24)21-26(25)6-10-34-32(40)29-19-27(22-37(29)28-8-13-41-14-9-28)35-31(39)23-43-17-16-42-15-11-33-30/h1-5,25-29H,6-23H2,(H,33,38)(H,34,40)(H,35,39)/t25-,26-,27+,29+/m0/s1. The molecule has 0 radical (unpaired) electrons. The smallest absolute Gasteiger partial charge is 0.246 e. The molecule has 43 heavy (non-hydrogen) atoms. The van der Waals surface area contributed by atoms with E-state index in [0.717, 1.165) is 45.3 Å². The molecule has 1 aromatic carbocycles. The average molecular weight is 600 g/mol. The summed E-state index contributed by atoms with van der Waals surface area (Å²) in [6.45, 7) is 6.79. The lowest BCUT2D eigenvalue weighted by Crippen LogP contribution is -2.50. The minimum Gasteiger partial charge on any atom is -0.381 e. The van der Waals surface area contributed by atoms with Gasteiger partial charge in [0.1, 0.15) is 6.61 Å². The zero-order chi connectivity index (χ0) is 29.9. The van der Waals surface area contributed by atoms with Crippen molar-refractivity contribution in [2.75, 3.05) is 72.4 Å². The second-order valence-corrected chi connectivity index (χ2v) is 12.4. The molecule has 4 fully saturated rings. The van der Waals surface area contributed by atoms with Crippen LogP contribution in [-0.2, 0) is 35.1 Å². The molecule has 5 rings (SSSR count). The van der Waals surface area contributed by atoms with Crippen LogP contribution >= 0.6 is 0 Å². The minimum atomic E-state index is -0.292. The molecule has 4 aliphatic heterocycles. The van der Waals surface area contributed by atoms with Crippen LogP contribution in [0.2, 0.25) is 0 Å². The van der Waals surface area contributed by atoms with Crippen LogP contribution < -0.4 is 16.0 Å². The predicted molar refractivity (Wildman–Crippen MR) is 161 cm³/mol. The van der Waals surface area contributed by atoms with Crippen LogP contribution in [-0.4, -0.2) is 118 Å². The molecular weight excluding hydrogens is 550 g/mol. The SMILES string of the molecule is O=C1C[C@@H]2CCN(Cc3ccccc3)C[C@@H]2CCNC(=O)[C@H]2C[C@H](CN2C2CCOCC2)NC(=O)COCCOCCN1. The van der Waals surface area contributed by atoms with E-state index in [1.165, 1.54) is 5.56 Å². The molecule has 238 valence electrons. The van der Waals surface area contributed by atoms with Gasteiger partial charge in [0.05, 0.1) is 25.9 Å². The van der Waals surface area contributed by atoms with Gasteiger partial charge >= 0.3 is 0 Å². The highest BCUT2D eigenvalue weighted by Crippen LogP contribution is 2.30. The van der Waals surface area contributed by atoms with Crippen molar-refractivity contribution < 1.29 is 28.6 Å². The molecule has 11 heteroatoms. The Morgan fingerprint density at radius 2 is 1.56 bits per heavy atom. The number of rotatable bonds is 3. The van der Waals surface area contributed by atoms with Crippen molar-refractivity contribution in [3.8, 4) is 0 Å². The van der Waals surface area contributed by atoms with Crippen LogP contribution in [0.3, 0.4) is 0 Å². The molecule has 4 atom stereocenters. The van der Waals surface area contributed by atoms with Crippen molar-refractivity contribution in [2.45, 2.75) is 63.2 Å². The molecule has 11 nitrogen and oxygen atoms in total. The number of hydrogen-bond donors (Lipinski definition) is 3. The van der Waals surface area contributed by atoms with Crippen LogP contribution in [0.4, 0.5) is 0 Å². The van der Waals surface area contributed by atoms with E-state index in [1.807, 2.05) is 6.07 Å². The first-order valence-electron chi connectivity index (χ1n) is 16.1. The van der Waals surface area contributed by atoms with E-state index >= 15 is 0 Å². The Kier molecular flexibility index (Phi) is 12.2. The number of ether oxygens (including phenoxy) is 3. The summed E-state index contributed by atoms with van der Waals surface area (Å²) in [6, 6.07) is 10.4. The first-order chi connectivity index (χ1) is 21.0. The molecule has 1 aromatic rings. The quantitative estimate of drug-likeness (QED) is 0.469. The number of hydrogen-bond acceptors (Lipinski definition) is 8. The highest BCUT2D eigenvalue weighted by Gasteiger charge is 2.41. The third kappa shape index (κ3) is 9.71. The van der Waals surface area contributed by atoms with Gasteiger partial charge in [0.25, 0.3) is 0 Å². The first-order valence-corrected chi connectivity index (χ1v) is 16.1. The molecule has 0 aliphatic carbocycles. The van der Waals surface area contributed by atoms with Crippen LogP contribution in [0, 0.1) is 11.8 Å². The number of carbonyl (C=O) groups excluding carboxylic acids is 3. The van der Waals surface area contributed by atoms with Gasteiger partial charge in [-0.15, -0.1) is 0 Å². The highest BCUT2D eigenvalue weighted by atomic mass is 16.5. The monoisotopic (exact) mass is 599 g/mol.